The monoisotopic (exact) mass is 486 g/mol. The first-order valence-corrected chi connectivity index (χ1v) is 10.4. The standard InChI is InChI=1S/C24H14ClF3N2O2S/c25-18-8-10-19(11-9-18)30-22(32)20(21(31)29-23(30)33)13-14-2-1-3-16(12-14)15-4-6-17(7-5-15)24(26,27)28/h1-13H,(H,29,31,33). The molecule has 9 heteroatoms. The number of amides is 2. The van der Waals surface area contributed by atoms with Crippen LogP contribution < -0.4 is 10.2 Å². The predicted molar refractivity (Wildman–Crippen MR) is 125 cm³/mol. The Hall–Kier alpha value is -3.49. The number of thiocarbonyl (C=S) groups is 1. The number of halogens is 4. The van der Waals surface area contributed by atoms with Crippen LogP contribution >= 0.6 is 23.8 Å². The number of hydrogen-bond acceptors (Lipinski definition) is 3. The molecule has 1 aliphatic heterocycles. The number of benzene rings is 3. The predicted octanol–water partition coefficient (Wildman–Crippen LogP) is 5.86. The van der Waals surface area contributed by atoms with Crippen LogP contribution in [-0.2, 0) is 15.8 Å². The van der Waals surface area contributed by atoms with E-state index in [4.69, 9.17) is 23.8 Å². The van der Waals surface area contributed by atoms with E-state index in [2.05, 4.69) is 5.32 Å². The molecule has 0 aliphatic carbocycles. The maximum atomic E-state index is 13.1. The van der Waals surface area contributed by atoms with Gasteiger partial charge in [-0.1, -0.05) is 41.9 Å². The molecular formula is C24H14ClF3N2O2S. The highest BCUT2D eigenvalue weighted by molar-refractivity contribution is 7.80. The first kappa shape index (κ1) is 22.7. The number of nitrogens with zero attached hydrogens (tertiary/aromatic N) is 1. The number of hydrogen-bond donors (Lipinski definition) is 1. The zero-order valence-electron chi connectivity index (χ0n) is 16.7. The van der Waals surface area contributed by atoms with Crippen LogP contribution in [0.1, 0.15) is 11.1 Å². The quantitative estimate of drug-likeness (QED) is 0.287. The zero-order valence-corrected chi connectivity index (χ0v) is 18.3. The summed E-state index contributed by atoms with van der Waals surface area (Å²) < 4.78 is 38.5. The van der Waals surface area contributed by atoms with Gasteiger partial charge in [0.1, 0.15) is 5.57 Å². The largest absolute Gasteiger partial charge is 0.416 e. The molecule has 3 aromatic rings. The average Bonchev–Trinajstić information content (AvgIpc) is 2.77. The summed E-state index contributed by atoms with van der Waals surface area (Å²) >= 11 is 11.1. The van der Waals surface area contributed by atoms with Gasteiger partial charge in [0, 0.05) is 5.02 Å². The van der Waals surface area contributed by atoms with Crippen LogP contribution in [0.15, 0.2) is 78.4 Å². The van der Waals surface area contributed by atoms with Crippen molar-refractivity contribution in [2.75, 3.05) is 4.90 Å². The van der Waals surface area contributed by atoms with Crippen LogP contribution in [0.25, 0.3) is 17.2 Å². The van der Waals surface area contributed by atoms with Crippen LogP contribution in [0.2, 0.25) is 5.02 Å². The van der Waals surface area contributed by atoms with E-state index in [1.807, 2.05) is 0 Å². The normalized spacial score (nSPS) is 15.7. The third-order valence-electron chi connectivity index (χ3n) is 4.93. The van der Waals surface area contributed by atoms with Crippen molar-refractivity contribution >= 4 is 52.5 Å². The highest BCUT2D eigenvalue weighted by atomic mass is 35.5. The van der Waals surface area contributed by atoms with E-state index in [1.165, 1.54) is 23.1 Å². The number of anilines is 1. The summed E-state index contributed by atoms with van der Waals surface area (Å²) in [5, 5.41) is 2.93. The first-order chi connectivity index (χ1) is 15.6. The second-order valence-electron chi connectivity index (χ2n) is 7.13. The number of carbonyl (C=O) groups is 2. The van der Waals surface area contributed by atoms with E-state index in [0.717, 1.165) is 12.1 Å². The Kier molecular flexibility index (Phi) is 6.05. The third kappa shape index (κ3) is 4.81. The fourth-order valence-electron chi connectivity index (χ4n) is 3.31. The van der Waals surface area contributed by atoms with Crippen molar-refractivity contribution < 1.29 is 22.8 Å². The molecule has 0 aromatic heterocycles. The molecule has 1 aliphatic rings. The van der Waals surface area contributed by atoms with Gasteiger partial charge in [-0.25, -0.2) is 0 Å². The van der Waals surface area contributed by atoms with E-state index in [-0.39, 0.29) is 10.7 Å². The lowest BCUT2D eigenvalue weighted by Crippen LogP contribution is -2.54. The number of nitrogens with one attached hydrogen (secondary N) is 1. The summed E-state index contributed by atoms with van der Waals surface area (Å²) in [6.07, 6.45) is -3.01. The van der Waals surface area contributed by atoms with Crippen molar-refractivity contribution in [2.24, 2.45) is 0 Å². The first-order valence-electron chi connectivity index (χ1n) is 9.58. The molecule has 0 unspecified atom stereocenters. The average molecular weight is 487 g/mol. The molecular weight excluding hydrogens is 473 g/mol. The highest BCUT2D eigenvalue weighted by Gasteiger charge is 2.34. The number of alkyl halides is 3. The number of carbonyl (C=O) groups excluding carboxylic acids is 2. The summed E-state index contributed by atoms with van der Waals surface area (Å²) in [4.78, 5) is 26.8. The Labute approximate surface area is 197 Å². The second-order valence-corrected chi connectivity index (χ2v) is 7.96. The van der Waals surface area contributed by atoms with Gasteiger partial charge in [0.2, 0.25) is 0 Å². The van der Waals surface area contributed by atoms with Crippen molar-refractivity contribution in [3.05, 3.63) is 94.5 Å². The summed E-state index contributed by atoms with van der Waals surface area (Å²) in [7, 11) is 0. The molecule has 0 spiro atoms. The third-order valence-corrected chi connectivity index (χ3v) is 5.47. The summed E-state index contributed by atoms with van der Waals surface area (Å²) in [6, 6.07) is 17.9. The van der Waals surface area contributed by atoms with Crippen molar-refractivity contribution in [1.29, 1.82) is 0 Å². The van der Waals surface area contributed by atoms with Crippen LogP contribution in [0.3, 0.4) is 0 Å². The molecule has 166 valence electrons. The molecule has 4 nitrogen and oxygen atoms in total. The number of rotatable bonds is 3. The Morgan fingerprint density at radius 1 is 0.909 bits per heavy atom. The summed E-state index contributed by atoms with van der Waals surface area (Å²) in [6.45, 7) is 0. The molecule has 1 fully saturated rings. The lowest BCUT2D eigenvalue weighted by atomic mass is 10.00. The Balaban J connectivity index is 1.66. The minimum Gasteiger partial charge on any atom is -0.298 e. The SMILES string of the molecule is O=C1NC(=S)N(c2ccc(Cl)cc2)C(=O)C1=Cc1cccc(-c2ccc(C(F)(F)F)cc2)c1. The van der Waals surface area contributed by atoms with Crippen molar-refractivity contribution in [1.82, 2.24) is 5.32 Å². The van der Waals surface area contributed by atoms with Crippen LogP contribution in [-0.4, -0.2) is 16.9 Å². The maximum Gasteiger partial charge on any atom is 0.416 e. The lowest BCUT2D eigenvalue weighted by Gasteiger charge is -2.29. The van der Waals surface area contributed by atoms with Crippen molar-refractivity contribution in [3.8, 4) is 11.1 Å². The van der Waals surface area contributed by atoms with Crippen LogP contribution in [0, 0.1) is 0 Å². The summed E-state index contributed by atoms with van der Waals surface area (Å²) in [5.74, 6) is -1.25. The Bertz CT molecular complexity index is 1290. The van der Waals surface area contributed by atoms with Gasteiger partial charge in [0.25, 0.3) is 11.8 Å². The second kappa shape index (κ2) is 8.80. The molecule has 0 bridgehead atoms. The zero-order chi connectivity index (χ0) is 23.8. The van der Waals surface area contributed by atoms with Gasteiger partial charge in [0.05, 0.1) is 11.3 Å². The van der Waals surface area contributed by atoms with E-state index in [1.54, 1.807) is 48.5 Å². The smallest absolute Gasteiger partial charge is 0.298 e. The Morgan fingerprint density at radius 2 is 1.58 bits per heavy atom. The molecule has 0 atom stereocenters. The Morgan fingerprint density at radius 3 is 2.21 bits per heavy atom. The lowest BCUT2D eigenvalue weighted by molar-refractivity contribution is -0.137. The fraction of sp³-hybridized carbons (Fsp3) is 0.0417. The highest BCUT2D eigenvalue weighted by Crippen LogP contribution is 2.31. The molecule has 0 radical (unpaired) electrons. The van der Waals surface area contributed by atoms with Crippen molar-refractivity contribution in [3.63, 3.8) is 0 Å². The van der Waals surface area contributed by atoms with E-state index in [9.17, 15) is 22.8 Å². The molecule has 1 N–H and O–H groups in total. The van der Waals surface area contributed by atoms with Gasteiger partial charge in [0.15, 0.2) is 5.11 Å². The van der Waals surface area contributed by atoms with Gasteiger partial charge < -0.3 is 0 Å². The molecule has 0 saturated carbocycles. The maximum absolute atomic E-state index is 13.1. The van der Waals surface area contributed by atoms with Crippen LogP contribution in [0.4, 0.5) is 18.9 Å². The molecule has 4 rings (SSSR count). The fourth-order valence-corrected chi connectivity index (χ4v) is 3.72. The van der Waals surface area contributed by atoms with Gasteiger partial charge in [-0.15, -0.1) is 0 Å². The van der Waals surface area contributed by atoms with E-state index >= 15 is 0 Å². The minimum absolute atomic E-state index is 0.0528. The molecule has 2 amide bonds. The van der Waals surface area contributed by atoms with Crippen LogP contribution in [0.5, 0.6) is 0 Å². The molecule has 1 saturated heterocycles. The van der Waals surface area contributed by atoms with Gasteiger partial charge in [-0.05, 0) is 77.4 Å². The van der Waals surface area contributed by atoms with Gasteiger partial charge in [-0.3, -0.25) is 19.8 Å². The van der Waals surface area contributed by atoms with Gasteiger partial charge in [-0.2, -0.15) is 13.2 Å². The van der Waals surface area contributed by atoms with Crippen molar-refractivity contribution in [2.45, 2.75) is 6.18 Å². The molecule has 1 heterocycles. The topological polar surface area (TPSA) is 49.4 Å². The molecule has 3 aromatic carbocycles. The van der Waals surface area contributed by atoms with E-state index in [0.29, 0.717) is 27.4 Å². The summed E-state index contributed by atoms with van der Waals surface area (Å²) in [5.41, 5.74) is 1.28. The van der Waals surface area contributed by atoms with E-state index < -0.39 is 23.6 Å². The van der Waals surface area contributed by atoms with Gasteiger partial charge >= 0.3 is 6.18 Å². The molecule has 33 heavy (non-hydrogen) atoms. The minimum atomic E-state index is -4.42.